The molecule has 0 N–H and O–H groups in total. The van der Waals surface area contributed by atoms with Crippen LogP contribution < -0.4 is 0 Å². The van der Waals surface area contributed by atoms with E-state index in [1.165, 1.54) is 0 Å². The van der Waals surface area contributed by atoms with Crippen LogP contribution in [0.25, 0.3) is 5.57 Å². The molecule has 1 nitrogen and oxygen atoms in total. The summed E-state index contributed by atoms with van der Waals surface area (Å²) in [6, 6.07) is 8.65. The summed E-state index contributed by atoms with van der Waals surface area (Å²) in [4.78, 5) is 0. The van der Waals surface area contributed by atoms with E-state index in [0.717, 1.165) is 19.3 Å². The molecule has 114 valence electrons. The lowest BCUT2D eigenvalue weighted by atomic mass is 9.95. The Morgan fingerprint density at radius 2 is 1.86 bits per heavy atom. The summed E-state index contributed by atoms with van der Waals surface area (Å²) in [5, 5.41) is 10.3. The van der Waals surface area contributed by atoms with Crippen LogP contribution in [0.1, 0.15) is 38.2 Å². The van der Waals surface area contributed by atoms with E-state index in [1.807, 2.05) is 6.92 Å². The van der Waals surface area contributed by atoms with Gasteiger partial charge >= 0.3 is 6.18 Å². The zero-order valence-electron chi connectivity index (χ0n) is 11.9. The molecule has 0 spiro atoms. The number of unbranched alkanes of at least 4 members (excludes halogenated alkanes) is 2. The van der Waals surface area contributed by atoms with Crippen molar-refractivity contribution in [3.05, 3.63) is 41.5 Å². The minimum Gasteiger partial charge on any atom is -0.185 e. The summed E-state index contributed by atoms with van der Waals surface area (Å²) in [7, 11) is 0. The van der Waals surface area contributed by atoms with Crippen LogP contribution in [0, 0.1) is 10.7 Å². The van der Waals surface area contributed by atoms with E-state index in [0.29, 0.717) is 29.3 Å². The highest BCUT2D eigenvalue weighted by atomic mass is 32.2. The number of benzene rings is 1. The van der Waals surface area contributed by atoms with Gasteiger partial charge in [-0.3, -0.25) is 0 Å². The first-order chi connectivity index (χ1) is 10.0. The highest BCUT2D eigenvalue weighted by molar-refractivity contribution is 8.03. The van der Waals surface area contributed by atoms with E-state index in [4.69, 9.17) is 5.26 Å². The minimum atomic E-state index is -4.40. The first-order valence-corrected chi connectivity index (χ1v) is 7.84. The van der Waals surface area contributed by atoms with E-state index in [1.54, 1.807) is 35.7 Å². The molecule has 0 aliphatic heterocycles. The molecule has 0 aliphatic carbocycles. The lowest BCUT2D eigenvalue weighted by Crippen LogP contribution is -2.16. The summed E-state index contributed by atoms with van der Waals surface area (Å²) in [6.45, 7) is 2.02. The number of nitrogens with zero attached hydrogens (tertiary/aromatic N) is 1. The molecule has 0 radical (unpaired) electrons. The SMILES string of the molecule is CCCCC/C(=C(/CSC#N)C(F)(F)F)c1ccccc1. The third-order valence-electron chi connectivity index (χ3n) is 3.14. The summed E-state index contributed by atoms with van der Waals surface area (Å²) in [5.41, 5.74) is 0.329. The molecule has 0 bridgehead atoms. The van der Waals surface area contributed by atoms with Crippen molar-refractivity contribution in [1.29, 1.82) is 5.26 Å². The van der Waals surface area contributed by atoms with Crippen molar-refractivity contribution in [3.8, 4) is 5.40 Å². The molecule has 0 saturated carbocycles. The predicted molar refractivity (Wildman–Crippen MR) is 81.6 cm³/mol. The molecule has 0 atom stereocenters. The molecule has 0 saturated heterocycles. The number of nitriles is 1. The highest BCUT2D eigenvalue weighted by Crippen LogP contribution is 2.37. The van der Waals surface area contributed by atoms with E-state index >= 15 is 0 Å². The molecule has 0 aromatic heterocycles. The Balaban J connectivity index is 3.21. The van der Waals surface area contributed by atoms with Gasteiger partial charge in [-0.05, 0) is 35.7 Å². The van der Waals surface area contributed by atoms with Gasteiger partial charge in [0, 0.05) is 11.3 Å². The van der Waals surface area contributed by atoms with E-state index < -0.39 is 11.7 Å². The molecule has 5 heteroatoms. The van der Waals surface area contributed by atoms with Crippen LogP contribution in [-0.4, -0.2) is 11.9 Å². The average Bonchev–Trinajstić information content (AvgIpc) is 2.45. The van der Waals surface area contributed by atoms with Crippen molar-refractivity contribution in [2.45, 2.75) is 38.8 Å². The summed E-state index contributed by atoms with van der Waals surface area (Å²) in [5.74, 6) is -0.323. The molecular formula is C16H18F3NS. The second-order valence-electron chi connectivity index (χ2n) is 4.66. The van der Waals surface area contributed by atoms with Gasteiger partial charge in [0.05, 0.1) is 0 Å². The first kappa shape index (κ1) is 17.6. The maximum Gasteiger partial charge on any atom is 0.413 e. The zero-order chi connectivity index (χ0) is 15.7. The topological polar surface area (TPSA) is 23.8 Å². The number of thioether (sulfide) groups is 1. The van der Waals surface area contributed by atoms with Crippen LogP contribution in [-0.2, 0) is 0 Å². The maximum atomic E-state index is 13.3. The normalized spacial score (nSPS) is 12.7. The van der Waals surface area contributed by atoms with E-state index in [-0.39, 0.29) is 5.75 Å². The molecule has 1 rings (SSSR count). The monoisotopic (exact) mass is 313 g/mol. The van der Waals surface area contributed by atoms with Gasteiger partial charge in [-0.1, -0.05) is 50.1 Å². The first-order valence-electron chi connectivity index (χ1n) is 6.86. The number of hydrogen-bond donors (Lipinski definition) is 0. The molecule has 0 unspecified atom stereocenters. The van der Waals surface area contributed by atoms with Gasteiger partial charge in [0.25, 0.3) is 0 Å². The number of hydrogen-bond acceptors (Lipinski definition) is 2. The molecule has 0 aliphatic rings. The Kier molecular flexibility index (Phi) is 7.38. The van der Waals surface area contributed by atoms with Crippen LogP contribution in [0.15, 0.2) is 35.9 Å². The third kappa shape index (κ3) is 5.84. The fraction of sp³-hybridized carbons (Fsp3) is 0.438. The van der Waals surface area contributed by atoms with E-state index in [9.17, 15) is 13.2 Å². The van der Waals surface area contributed by atoms with Gasteiger partial charge in [0.1, 0.15) is 5.40 Å². The average molecular weight is 313 g/mol. The molecule has 0 heterocycles. The van der Waals surface area contributed by atoms with Crippen molar-refractivity contribution in [2.24, 2.45) is 0 Å². The predicted octanol–water partition coefficient (Wildman–Crippen LogP) is 5.80. The largest absolute Gasteiger partial charge is 0.413 e. The van der Waals surface area contributed by atoms with Gasteiger partial charge in [-0.25, -0.2) is 0 Å². The molecule has 21 heavy (non-hydrogen) atoms. The van der Waals surface area contributed by atoms with Crippen LogP contribution in [0.5, 0.6) is 0 Å². The lowest BCUT2D eigenvalue weighted by Gasteiger charge is -2.17. The Morgan fingerprint density at radius 1 is 1.19 bits per heavy atom. The number of halogens is 3. The van der Waals surface area contributed by atoms with E-state index in [2.05, 4.69) is 0 Å². The van der Waals surface area contributed by atoms with Crippen molar-refractivity contribution in [1.82, 2.24) is 0 Å². The molecular weight excluding hydrogens is 295 g/mol. The van der Waals surface area contributed by atoms with Crippen molar-refractivity contribution >= 4 is 17.3 Å². The van der Waals surface area contributed by atoms with Gasteiger partial charge in [-0.2, -0.15) is 18.4 Å². The van der Waals surface area contributed by atoms with Gasteiger partial charge in [-0.15, -0.1) is 0 Å². The maximum absolute atomic E-state index is 13.3. The number of rotatable bonds is 7. The Hall–Kier alpha value is -1.41. The van der Waals surface area contributed by atoms with Crippen LogP contribution >= 0.6 is 11.8 Å². The quantitative estimate of drug-likeness (QED) is 0.469. The smallest absolute Gasteiger partial charge is 0.185 e. The van der Waals surface area contributed by atoms with Crippen molar-refractivity contribution < 1.29 is 13.2 Å². The van der Waals surface area contributed by atoms with Crippen molar-refractivity contribution in [3.63, 3.8) is 0 Å². The number of allylic oxidation sites excluding steroid dienone is 1. The minimum absolute atomic E-state index is 0.319. The highest BCUT2D eigenvalue weighted by Gasteiger charge is 2.36. The summed E-state index contributed by atoms with van der Waals surface area (Å²) < 4.78 is 39.9. The molecule has 0 amide bonds. The molecule has 1 aromatic rings. The second-order valence-corrected chi connectivity index (χ2v) is 5.42. The number of alkyl halides is 3. The number of thiocyanates is 1. The molecule has 0 fully saturated rings. The third-order valence-corrected chi connectivity index (χ3v) is 3.70. The van der Waals surface area contributed by atoms with Crippen LogP contribution in [0.3, 0.4) is 0 Å². The second kappa shape index (κ2) is 8.78. The Bertz CT molecular complexity index is 500. The standard InChI is InChI=1S/C16H18F3NS/c1-2-3-5-10-14(13-8-6-4-7-9-13)15(11-21-12-20)16(17,18)19/h4,6-9H,2-3,5,10-11H2,1H3/b15-14+. The fourth-order valence-electron chi connectivity index (χ4n) is 2.11. The zero-order valence-corrected chi connectivity index (χ0v) is 12.7. The van der Waals surface area contributed by atoms with Gasteiger partial charge in [0.2, 0.25) is 0 Å². The van der Waals surface area contributed by atoms with Gasteiger partial charge in [0.15, 0.2) is 0 Å². The summed E-state index contributed by atoms with van der Waals surface area (Å²) >= 11 is 0.633. The van der Waals surface area contributed by atoms with Crippen molar-refractivity contribution in [2.75, 3.05) is 5.75 Å². The molecule has 1 aromatic carbocycles. The van der Waals surface area contributed by atoms with Crippen LogP contribution in [0.4, 0.5) is 13.2 Å². The van der Waals surface area contributed by atoms with Crippen LogP contribution in [0.2, 0.25) is 0 Å². The fourth-order valence-corrected chi connectivity index (χ4v) is 2.65. The summed E-state index contributed by atoms with van der Waals surface area (Å²) in [6.07, 6.45) is -1.44. The Morgan fingerprint density at radius 3 is 2.38 bits per heavy atom. The lowest BCUT2D eigenvalue weighted by molar-refractivity contribution is -0.0903. The van der Waals surface area contributed by atoms with Gasteiger partial charge < -0.3 is 0 Å². The Labute approximate surface area is 127 Å².